The number of hydrogen-bond acceptors (Lipinski definition) is 12. The van der Waals surface area contributed by atoms with Gasteiger partial charge in [0.05, 0.1) is 74.8 Å². The van der Waals surface area contributed by atoms with Gasteiger partial charge in [-0.05, 0) is 132 Å². The molecule has 2 fully saturated rings. The fourth-order valence-corrected chi connectivity index (χ4v) is 14.9. The molecule has 0 spiro atoms. The third-order valence-corrected chi connectivity index (χ3v) is 19.2. The van der Waals surface area contributed by atoms with Crippen molar-refractivity contribution in [2.75, 3.05) is 56.8 Å². The van der Waals surface area contributed by atoms with Crippen LogP contribution in [0.2, 0.25) is 0 Å². The normalized spacial score (nSPS) is 20.2. The zero-order chi connectivity index (χ0) is 61.5. The van der Waals surface area contributed by atoms with Crippen molar-refractivity contribution in [2.24, 2.45) is 5.92 Å². The van der Waals surface area contributed by atoms with Gasteiger partial charge in [0.15, 0.2) is 9.84 Å². The van der Waals surface area contributed by atoms with Crippen molar-refractivity contribution in [1.82, 2.24) is 0 Å². The summed E-state index contributed by atoms with van der Waals surface area (Å²) in [5.41, 5.74) is -4.03. The maximum atomic E-state index is 15.5. The highest BCUT2D eigenvalue weighted by atomic mass is 32.2. The van der Waals surface area contributed by atoms with Gasteiger partial charge in [0.25, 0.3) is 20.0 Å². The number of carbonyl (C=O) groups is 1. The zero-order valence-corrected chi connectivity index (χ0v) is 46.2. The summed E-state index contributed by atoms with van der Waals surface area (Å²) >= 11 is 0. The Morgan fingerprint density at radius 3 is 1.62 bits per heavy atom. The van der Waals surface area contributed by atoms with Crippen molar-refractivity contribution in [3.63, 3.8) is 0 Å². The van der Waals surface area contributed by atoms with Gasteiger partial charge in [0, 0.05) is 43.4 Å². The van der Waals surface area contributed by atoms with Gasteiger partial charge >= 0.3 is 31.5 Å². The predicted octanol–water partition coefficient (Wildman–Crippen LogP) is 11.4. The van der Waals surface area contributed by atoms with Crippen molar-refractivity contribution >= 4 is 58.6 Å². The number of nitrogens with zero attached hydrogens (tertiary/aromatic N) is 4. The van der Waals surface area contributed by atoms with Crippen molar-refractivity contribution < 1.29 is 102 Å². The summed E-state index contributed by atoms with van der Waals surface area (Å²) < 4.78 is 274. The number of fused-ring (bicyclic) bond motifs is 6. The van der Waals surface area contributed by atoms with E-state index in [-0.39, 0.29) is 64.4 Å². The molecular weight excluding hydrogens is 1220 g/mol. The first kappa shape index (κ1) is 60.7. The third kappa shape index (κ3) is 12.6. The van der Waals surface area contributed by atoms with Gasteiger partial charge in [-0.3, -0.25) is 13.4 Å². The van der Waals surface area contributed by atoms with Crippen LogP contribution in [0.1, 0.15) is 41.9 Å². The Labute approximate surface area is 477 Å². The highest BCUT2D eigenvalue weighted by molar-refractivity contribution is 7.93. The molecule has 30 heteroatoms. The van der Waals surface area contributed by atoms with Gasteiger partial charge in [-0.15, -0.1) is 0 Å². The van der Waals surface area contributed by atoms with E-state index < -0.39 is 173 Å². The van der Waals surface area contributed by atoms with E-state index in [1.54, 1.807) is 4.90 Å². The van der Waals surface area contributed by atoms with Gasteiger partial charge < -0.3 is 29.1 Å². The topological polar surface area (TPSA) is 180 Å². The van der Waals surface area contributed by atoms with E-state index in [9.17, 15) is 66.3 Å². The van der Waals surface area contributed by atoms with Crippen molar-refractivity contribution in [2.45, 2.75) is 78.7 Å². The molecule has 5 atom stereocenters. The monoisotopic (exact) mass is 1260 g/mol. The lowest BCUT2D eigenvalue weighted by molar-refractivity contribution is -0.143. The van der Waals surface area contributed by atoms with Crippen LogP contribution in [0.15, 0.2) is 125 Å². The number of halogens is 12. The van der Waals surface area contributed by atoms with Crippen LogP contribution >= 0.6 is 0 Å². The Balaban J connectivity index is 1.11. The Hall–Kier alpha value is -7.44. The summed E-state index contributed by atoms with van der Waals surface area (Å²) in [5.74, 6) is -8.10. The lowest BCUT2D eigenvalue weighted by Crippen LogP contribution is -2.57. The van der Waals surface area contributed by atoms with E-state index in [1.165, 1.54) is 35.2 Å². The van der Waals surface area contributed by atoms with E-state index >= 15 is 21.6 Å². The second-order valence-electron chi connectivity index (χ2n) is 20.7. The number of piperidine rings is 2. The number of ether oxygens (including phenoxy) is 3. The van der Waals surface area contributed by atoms with Crippen LogP contribution in [0.5, 0.6) is 11.5 Å². The summed E-state index contributed by atoms with van der Waals surface area (Å²) in [4.78, 5) is 13.6. The second kappa shape index (κ2) is 22.4. The molecule has 85 heavy (non-hydrogen) atoms. The van der Waals surface area contributed by atoms with E-state index in [1.807, 2.05) is 0 Å². The van der Waals surface area contributed by atoms with Crippen LogP contribution in [0.4, 0.5) is 75.4 Å². The molecule has 10 rings (SSSR count). The standard InChI is InChI=1S/C55H46F12N4O11S3/c1-83(74,75)28-80-50-24-40-26-70(84(76,77)43-4-2-3-35(20-43)54(62,63)64)49-19-30(33-13-38(57)23-42(16-33)82-53(60)61)6-8-47(49)69(40)27-45(50)34-11-36(55(65,66)67)21-44(17-34)85(78,79)71-25-39-14-31(51(72)73)9-10-68(39)46-7-5-29(18-48(46)71)32-12-37(56)22-41(15-32)81-52(58)59/h2-8,11-13,15-23,31,39-40,45,50,52-53H,9-10,14,24-28H2,1H3,(H,72,73)/t31-,39+,40+,45?,50?/m1/s1. The van der Waals surface area contributed by atoms with E-state index in [0.717, 1.165) is 59.1 Å². The molecule has 0 aliphatic carbocycles. The Morgan fingerprint density at radius 2 is 1.11 bits per heavy atom. The van der Waals surface area contributed by atoms with Gasteiger partial charge in [-0.2, -0.15) is 43.9 Å². The molecule has 4 heterocycles. The number of carboxylic acid groups (broad SMARTS) is 1. The van der Waals surface area contributed by atoms with Gasteiger partial charge in [0.2, 0.25) is 0 Å². The highest BCUT2D eigenvalue weighted by Gasteiger charge is 2.48. The SMILES string of the molecule is CS(=O)(=O)COC1C[C@H]2CN(S(=O)(=O)c3cccc(C(F)(F)F)c3)c3cc(-c4cc(F)cc(OC(F)F)c4)ccc3N2CC1c1cc(C(F)(F)F)cc(S(=O)(=O)N2C[C@@H]3C[C@H](C(=O)O)CCN3c3ccc(-c4cc(F)cc(OC(F)F)c4)cc32)c1. The smallest absolute Gasteiger partial charge is 0.416 e. The lowest BCUT2D eigenvalue weighted by Gasteiger charge is -2.50. The first-order chi connectivity index (χ1) is 39.7. The van der Waals surface area contributed by atoms with Crippen LogP contribution in [-0.4, -0.2) is 106 Å². The lowest BCUT2D eigenvalue weighted by atomic mass is 9.82. The number of rotatable bonds is 15. The van der Waals surface area contributed by atoms with E-state index in [4.69, 9.17) is 4.74 Å². The first-order valence-electron chi connectivity index (χ1n) is 25.5. The quantitative estimate of drug-likeness (QED) is 0.0961. The van der Waals surface area contributed by atoms with Crippen LogP contribution in [0.25, 0.3) is 22.3 Å². The molecule has 0 aromatic heterocycles. The molecule has 15 nitrogen and oxygen atoms in total. The number of carboxylic acids is 1. The summed E-state index contributed by atoms with van der Waals surface area (Å²) in [6, 6.07) is 15.4. The maximum Gasteiger partial charge on any atom is 0.416 e. The zero-order valence-electron chi connectivity index (χ0n) is 43.7. The fourth-order valence-electron chi connectivity index (χ4n) is 11.3. The minimum atomic E-state index is -5.32. The summed E-state index contributed by atoms with van der Waals surface area (Å²) in [7, 11) is -14.5. The predicted molar refractivity (Wildman–Crippen MR) is 283 cm³/mol. The van der Waals surface area contributed by atoms with E-state index in [2.05, 4.69) is 9.47 Å². The number of anilines is 4. The molecule has 1 N–H and O–H groups in total. The Morgan fingerprint density at radius 1 is 0.588 bits per heavy atom. The van der Waals surface area contributed by atoms with E-state index in [0.29, 0.717) is 40.7 Å². The summed E-state index contributed by atoms with van der Waals surface area (Å²) in [6.45, 7) is -8.49. The Kier molecular flexibility index (Phi) is 16.0. The first-order valence-corrected chi connectivity index (χ1v) is 30.5. The highest BCUT2D eigenvalue weighted by Crippen LogP contribution is 2.50. The molecule has 0 saturated carbocycles. The molecule has 2 unspecified atom stereocenters. The molecule has 454 valence electrons. The van der Waals surface area contributed by atoms with Crippen molar-refractivity contribution in [3.05, 3.63) is 144 Å². The average molecular weight is 1260 g/mol. The minimum Gasteiger partial charge on any atom is -0.481 e. The number of alkyl halides is 10. The molecular formula is C55H46F12N4O11S3. The molecule has 4 aliphatic heterocycles. The van der Waals surface area contributed by atoms with Gasteiger partial charge in [-0.25, -0.2) is 34.0 Å². The van der Waals surface area contributed by atoms with Gasteiger partial charge in [-0.1, -0.05) is 18.2 Å². The minimum absolute atomic E-state index is 0.0281. The molecule has 6 aromatic carbocycles. The number of sulfonamides is 2. The maximum absolute atomic E-state index is 15.5. The number of aliphatic carboxylic acids is 1. The third-order valence-electron chi connectivity index (χ3n) is 15.1. The van der Waals surface area contributed by atoms with Crippen molar-refractivity contribution in [3.8, 4) is 33.8 Å². The van der Waals surface area contributed by atoms with Crippen LogP contribution in [-0.2, 0) is 51.8 Å². The molecule has 6 aromatic rings. The molecule has 0 radical (unpaired) electrons. The average Bonchev–Trinajstić information content (AvgIpc) is 0.882. The number of hydrogen-bond donors (Lipinski definition) is 1. The molecule has 2 saturated heterocycles. The van der Waals surface area contributed by atoms with Crippen molar-refractivity contribution in [1.29, 1.82) is 0 Å². The van der Waals surface area contributed by atoms with Crippen LogP contribution in [0, 0.1) is 17.6 Å². The van der Waals surface area contributed by atoms with Crippen LogP contribution < -0.4 is 27.9 Å². The van der Waals surface area contributed by atoms with Crippen LogP contribution in [0.3, 0.4) is 0 Å². The largest absolute Gasteiger partial charge is 0.481 e. The molecule has 0 amide bonds. The van der Waals surface area contributed by atoms with Gasteiger partial charge in [0.1, 0.15) is 29.1 Å². The Bertz CT molecular complexity index is 3950. The molecule has 4 aliphatic rings. The summed E-state index contributed by atoms with van der Waals surface area (Å²) in [6.07, 6.45) is -11.6. The molecule has 0 bridgehead atoms. The summed E-state index contributed by atoms with van der Waals surface area (Å²) in [5, 5.41) is 10.0. The second-order valence-corrected chi connectivity index (χ2v) is 26.5. The number of benzene rings is 6. The number of sulfone groups is 1. The fraction of sp³-hybridized carbons (Fsp3) is 0.327.